The van der Waals surface area contributed by atoms with Crippen molar-refractivity contribution in [2.75, 3.05) is 6.61 Å². The van der Waals surface area contributed by atoms with Crippen LogP contribution in [-0.2, 0) is 25.7 Å². The third-order valence-corrected chi connectivity index (χ3v) is 6.96. The second kappa shape index (κ2) is 12.6. The standard InChI is InChI=1S/C31H34N2O6/c1-19(2)27(29(34)32-28(30(35)36)20(3)38-17-21-11-5-4-6-12-21)33-31(37)39-18-26-24-15-9-7-13-22(24)23-14-8-10-16-25(23)26/h4-16,19-20,26-28H,17-18H2,1-3H3,(H,32,34)(H,33,37)(H,35,36). The molecule has 0 saturated heterocycles. The molecule has 204 valence electrons. The summed E-state index contributed by atoms with van der Waals surface area (Å²) in [4.78, 5) is 37.8. The van der Waals surface area contributed by atoms with Crippen LogP contribution < -0.4 is 10.6 Å². The van der Waals surface area contributed by atoms with Crippen LogP contribution in [-0.4, -0.2) is 47.9 Å². The Morgan fingerprint density at radius 2 is 1.36 bits per heavy atom. The normalized spacial score (nSPS) is 14.6. The molecule has 0 aromatic heterocycles. The third-order valence-electron chi connectivity index (χ3n) is 6.96. The maximum atomic E-state index is 13.1. The molecule has 0 saturated carbocycles. The van der Waals surface area contributed by atoms with Gasteiger partial charge in [0.05, 0.1) is 12.7 Å². The number of rotatable bonds is 11. The number of fused-ring (bicyclic) bond motifs is 3. The smallest absolute Gasteiger partial charge is 0.407 e. The lowest BCUT2D eigenvalue weighted by atomic mass is 9.98. The fourth-order valence-electron chi connectivity index (χ4n) is 4.82. The van der Waals surface area contributed by atoms with Gasteiger partial charge in [-0.05, 0) is 40.7 Å². The van der Waals surface area contributed by atoms with Gasteiger partial charge in [-0.1, -0.05) is 92.7 Å². The number of hydrogen-bond acceptors (Lipinski definition) is 5. The predicted octanol–water partition coefficient (Wildman–Crippen LogP) is 4.72. The van der Waals surface area contributed by atoms with Crippen LogP contribution in [0, 0.1) is 5.92 Å². The molecule has 39 heavy (non-hydrogen) atoms. The van der Waals surface area contributed by atoms with Crippen molar-refractivity contribution in [2.24, 2.45) is 5.92 Å². The number of amides is 2. The summed E-state index contributed by atoms with van der Waals surface area (Å²) in [6, 6.07) is 23.1. The molecule has 8 heteroatoms. The molecule has 0 radical (unpaired) electrons. The van der Waals surface area contributed by atoms with E-state index >= 15 is 0 Å². The molecule has 0 spiro atoms. The second-order valence-corrected chi connectivity index (χ2v) is 10.0. The highest BCUT2D eigenvalue weighted by molar-refractivity contribution is 5.89. The molecule has 0 aliphatic heterocycles. The Morgan fingerprint density at radius 3 is 1.92 bits per heavy atom. The van der Waals surface area contributed by atoms with E-state index in [0.29, 0.717) is 0 Å². The van der Waals surface area contributed by atoms with Crippen molar-refractivity contribution in [1.29, 1.82) is 0 Å². The van der Waals surface area contributed by atoms with Gasteiger partial charge in [0.2, 0.25) is 5.91 Å². The Labute approximate surface area is 228 Å². The van der Waals surface area contributed by atoms with Crippen molar-refractivity contribution in [3.63, 3.8) is 0 Å². The molecule has 4 rings (SSSR count). The number of nitrogens with one attached hydrogen (secondary N) is 2. The number of benzene rings is 3. The highest BCUT2D eigenvalue weighted by Crippen LogP contribution is 2.44. The van der Waals surface area contributed by atoms with E-state index in [9.17, 15) is 19.5 Å². The van der Waals surface area contributed by atoms with Crippen LogP contribution in [0.25, 0.3) is 11.1 Å². The molecule has 3 aromatic carbocycles. The Bertz CT molecular complexity index is 1260. The van der Waals surface area contributed by atoms with Crippen LogP contribution in [0.4, 0.5) is 4.79 Å². The summed E-state index contributed by atoms with van der Waals surface area (Å²) < 4.78 is 11.3. The largest absolute Gasteiger partial charge is 0.480 e. The van der Waals surface area contributed by atoms with Gasteiger partial charge in [0.15, 0.2) is 6.04 Å². The first-order valence-corrected chi connectivity index (χ1v) is 13.1. The number of carboxylic acids is 1. The lowest BCUT2D eigenvalue weighted by molar-refractivity contribution is -0.147. The number of carbonyl (C=O) groups is 3. The van der Waals surface area contributed by atoms with Gasteiger partial charge in [-0.25, -0.2) is 9.59 Å². The van der Waals surface area contributed by atoms with Gasteiger partial charge in [0.1, 0.15) is 12.6 Å². The molecular formula is C31H34N2O6. The van der Waals surface area contributed by atoms with E-state index in [2.05, 4.69) is 22.8 Å². The fourth-order valence-corrected chi connectivity index (χ4v) is 4.82. The first kappa shape index (κ1) is 27.9. The Balaban J connectivity index is 1.36. The summed E-state index contributed by atoms with van der Waals surface area (Å²) in [5.74, 6) is -2.29. The van der Waals surface area contributed by atoms with Gasteiger partial charge in [0, 0.05) is 5.92 Å². The highest BCUT2D eigenvalue weighted by atomic mass is 16.5. The lowest BCUT2D eigenvalue weighted by Gasteiger charge is -2.26. The summed E-state index contributed by atoms with van der Waals surface area (Å²) in [5.41, 5.74) is 5.28. The molecule has 3 N–H and O–H groups in total. The number of carbonyl (C=O) groups excluding carboxylic acids is 2. The minimum atomic E-state index is -1.30. The van der Waals surface area contributed by atoms with E-state index in [1.54, 1.807) is 20.8 Å². The average molecular weight is 531 g/mol. The summed E-state index contributed by atoms with van der Waals surface area (Å²) in [5, 5.41) is 14.9. The quantitative estimate of drug-likeness (QED) is 0.331. The molecule has 8 nitrogen and oxygen atoms in total. The molecule has 3 atom stereocenters. The Hall–Kier alpha value is -4.17. The first-order chi connectivity index (χ1) is 18.8. The van der Waals surface area contributed by atoms with Gasteiger partial charge < -0.3 is 25.2 Å². The molecule has 3 aromatic rings. The van der Waals surface area contributed by atoms with Gasteiger partial charge in [-0.15, -0.1) is 0 Å². The van der Waals surface area contributed by atoms with E-state index in [-0.39, 0.29) is 25.0 Å². The SMILES string of the molecule is CC(C)C(NC(=O)OCC1c2ccccc2-c2ccccc21)C(=O)NC(C(=O)O)C(C)OCc1ccccc1. The van der Waals surface area contributed by atoms with Gasteiger partial charge in [-0.3, -0.25) is 4.79 Å². The maximum absolute atomic E-state index is 13.1. The Kier molecular flexibility index (Phi) is 8.99. The van der Waals surface area contributed by atoms with Crippen molar-refractivity contribution in [3.8, 4) is 11.1 Å². The van der Waals surface area contributed by atoms with Crippen LogP contribution in [0.5, 0.6) is 0 Å². The van der Waals surface area contributed by atoms with Gasteiger partial charge in [-0.2, -0.15) is 0 Å². The third kappa shape index (κ3) is 6.64. The Morgan fingerprint density at radius 1 is 0.795 bits per heavy atom. The number of ether oxygens (including phenoxy) is 2. The number of alkyl carbamates (subject to hydrolysis) is 1. The number of hydrogen-bond donors (Lipinski definition) is 3. The minimum absolute atomic E-state index is 0.106. The van der Waals surface area contributed by atoms with Crippen molar-refractivity contribution in [3.05, 3.63) is 95.6 Å². The predicted molar refractivity (Wildman–Crippen MR) is 147 cm³/mol. The van der Waals surface area contributed by atoms with Gasteiger partial charge in [0.25, 0.3) is 0 Å². The maximum Gasteiger partial charge on any atom is 0.407 e. The zero-order valence-electron chi connectivity index (χ0n) is 22.3. The van der Waals surface area contributed by atoms with Crippen molar-refractivity contribution >= 4 is 18.0 Å². The number of carboxylic acid groups (broad SMARTS) is 1. The zero-order chi connectivity index (χ0) is 27.9. The number of aliphatic carboxylic acids is 1. The van der Waals surface area contributed by atoms with Gasteiger partial charge >= 0.3 is 12.1 Å². The molecule has 0 bridgehead atoms. The first-order valence-electron chi connectivity index (χ1n) is 13.1. The van der Waals surface area contributed by atoms with Crippen LogP contribution in [0.1, 0.15) is 43.4 Å². The van der Waals surface area contributed by atoms with E-state index in [1.807, 2.05) is 66.7 Å². The van der Waals surface area contributed by atoms with Crippen LogP contribution in [0.3, 0.4) is 0 Å². The molecule has 0 fully saturated rings. The average Bonchev–Trinajstić information content (AvgIpc) is 3.26. The lowest BCUT2D eigenvalue weighted by Crippen LogP contribution is -2.56. The minimum Gasteiger partial charge on any atom is -0.480 e. The summed E-state index contributed by atoms with van der Waals surface area (Å²) in [6.45, 7) is 5.42. The molecule has 2 amide bonds. The van der Waals surface area contributed by atoms with E-state index in [4.69, 9.17) is 9.47 Å². The molecule has 1 aliphatic rings. The molecule has 3 unspecified atom stereocenters. The van der Waals surface area contributed by atoms with Crippen molar-refractivity contribution in [1.82, 2.24) is 10.6 Å². The molecular weight excluding hydrogens is 496 g/mol. The second-order valence-electron chi connectivity index (χ2n) is 10.0. The summed E-state index contributed by atoms with van der Waals surface area (Å²) >= 11 is 0. The molecule has 1 aliphatic carbocycles. The summed E-state index contributed by atoms with van der Waals surface area (Å²) in [7, 11) is 0. The van der Waals surface area contributed by atoms with E-state index in [0.717, 1.165) is 27.8 Å². The van der Waals surface area contributed by atoms with Crippen LogP contribution in [0.15, 0.2) is 78.9 Å². The monoisotopic (exact) mass is 530 g/mol. The molecule has 0 heterocycles. The van der Waals surface area contributed by atoms with E-state index < -0.39 is 36.2 Å². The fraction of sp³-hybridized carbons (Fsp3) is 0.323. The topological polar surface area (TPSA) is 114 Å². The summed E-state index contributed by atoms with van der Waals surface area (Å²) in [6.07, 6.45) is -1.56. The zero-order valence-corrected chi connectivity index (χ0v) is 22.3. The highest BCUT2D eigenvalue weighted by Gasteiger charge is 2.33. The van der Waals surface area contributed by atoms with E-state index in [1.165, 1.54) is 0 Å². The van der Waals surface area contributed by atoms with Crippen molar-refractivity contribution < 1.29 is 29.0 Å². The van der Waals surface area contributed by atoms with Crippen LogP contribution in [0.2, 0.25) is 0 Å². The van der Waals surface area contributed by atoms with Crippen molar-refractivity contribution in [2.45, 2.75) is 51.5 Å². The van der Waals surface area contributed by atoms with Crippen LogP contribution >= 0.6 is 0 Å².